The second kappa shape index (κ2) is 9.82. The van der Waals surface area contributed by atoms with Gasteiger partial charge in [-0.1, -0.05) is 23.9 Å². The Morgan fingerprint density at radius 1 is 1.12 bits per heavy atom. The Bertz CT molecular complexity index is 1130. The molecule has 166 valence electrons. The van der Waals surface area contributed by atoms with Gasteiger partial charge in [-0.3, -0.25) is 9.59 Å². The van der Waals surface area contributed by atoms with E-state index < -0.39 is 11.7 Å². The molecule has 2 amide bonds. The Kier molecular flexibility index (Phi) is 6.69. The lowest BCUT2D eigenvalue weighted by Gasteiger charge is -2.22. The summed E-state index contributed by atoms with van der Waals surface area (Å²) in [5.74, 6) is -1.01. The number of hydrogen-bond acceptors (Lipinski definition) is 6. The maximum Gasteiger partial charge on any atom is 0.255 e. The third-order valence-electron chi connectivity index (χ3n) is 5.09. The van der Waals surface area contributed by atoms with Crippen LogP contribution in [-0.4, -0.2) is 45.4 Å². The van der Waals surface area contributed by atoms with Crippen LogP contribution in [0, 0.1) is 5.82 Å². The number of nitrogens with one attached hydrogen (secondary N) is 2. The zero-order chi connectivity index (χ0) is 22.5. The number of aromatic nitrogens is 3. The van der Waals surface area contributed by atoms with Gasteiger partial charge in [-0.25, -0.2) is 4.39 Å². The van der Waals surface area contributed by atoms with Crippen molar-refractivity contribution in [1.29, 1.82) is 0 Å². The number of nitrogens with zero attached hydrogens (tertiary/aromatic N) is 4. The van der Waals surface area contributed by atoms with Gasteiger partial charge in [0.15, 0.2) is 5.16 Å². The quantitative estimate of drug-likeness (QED) is 0.531. The second-order valence-electron chi connectivity index (χ2n) is 7.42. The van der Waals surface area contributed by atoms with Gasteiger partial charge in [0, 0.05) is 31.4 Å². The largest absolute Gasteiger partial charge is 0.370 e. The summed E-state index contributed by atoms with van der Waals surface area (Å²) in [6.07, 6.45) is 3.65. The number of halogens is 1. The van der Waals surface area contributed by atoms with Gasteiger partial charge in [-0.2, -0.15) is 0 Å². The third-order valence-corrected chi connectivity index (χ3v) is 6.12. The minimum absolute atomic E-state index is 0.150. The van der Waals surface area contributed by atoms with Crippen LogP contribution in [0.15, 0.2) is 53.9 Å². The van der Waals surface area contributed by atoms with E-state index in [9.17, 15) is 14.0 Å². The van der Waals surface area contributed by atoms with Crippen molar-refractivity contribution in [3.8, 4) is 0 Å². The van der Waals surface area contributed by atoms with E-state index in [1.165, 1.54) is 17.8 Å². The fourth-order valence-electron chi connectivity index (χ4n) is 3.51. The van der Waals surface area contributed by atoms with Gasteiger partial charge in [-0.15, -0.1) is 10.2 Å². The maximum atomic E-state index is 14.5. The lowest BCUT2D eigenvalue weighted by atomic mass is 10.1. The zero-order valence-electron chi connectivity index (χ0n) is 17.5. The van der Waals surface area contributed by atoms with Crippen LogP contribution in [0.5, 0.6) is 0 Å². The molecule has 10 heteroatoms. The highest BCUT2D eigenvalue weighted by atomic mass is 32.2. The summed E-state index contributed by atoms with van der Waals surface area (Å²) < 4.78 is 16.3. The molecule has 0 radical (unpaired) electrons. The Balaban J connectivity index is 1.43. The van der Waals surface area contributed by atoms with E-state index in [2.05, 4.69) is 25.7 Å². The van der Waals surface area contributed by atoms with E-state index >= 15 is 0 Å². The lowest BCUT2D eigenvalue weighted by molar-refractivity contribution is -0.113. The molecule has 1 aliphatic heterocycles. The van der Waals surface area contributed by atoms with Crippen molar-refractivity contribution < 1.29 is 14.0 Å². The van der Waals surface area contributed by atoms with E-state index in [0.29, 0.717) is 22.1 Å². The lowest BCUT2D eigenvalue weighted by Crippen LogP contribution is -2.22. The van der Waals surface area contributed by atoms with E-state index in [0.717, 1.165) is 25.9 Å². The predicted molar refractivity (Wildman–Crippen MR) is 123 cm³/mol. The molecule has 3 aromatic rings. The fraction of sp³-hybridized carbons (Fsp3) is 0.273. The molecule has 1 aliphatic rings. The van der Waals surface area contributed by atoms with Gasteiger partial charge in [0.05, 0.1) is 11.4 Å². The van der Waals surface area contributed by atoms with Crippen molar-refractivity contribution in [2.24, 2.45) is 7.05 Å². The van der Waals surface area contributed by atoms with Crippen molar-refractivity contribution in [3.05, 3.63) is 60.2 Å². The topological polar surface area (TPSA) is 92.1 Å². The molecule has 1 aromatic heterocycles. The van der Waals surface area contributed by atoms with Gasteiger partial charge in [0.1, 0.15) is 17.8 Å². The molecular formula is C22H23FN6O2S. The molecule has 8 nitrogen and oxygen atoms in total. The van der Waals surface area contributed by atoms with Crippen molar-refractivity contribution >= 4 is 40.6 Å². The number of carbonyl (C=O) groups excluding carboxylic acids is 2. The minimum Gasteiger partial charge on any atom is -0.370 e. The first-order chi connectivity index (χ1) is 15.5. The average Bonchev–Trinajstić information content (AvgIpc) is 3.46. The molecule has 2 aromatic carbocycles. The summed E-state index contributed by atoms with van der Waals surface area (Å²) in [7, 11) is 1.80. The monoisotopic (exact) mass is 454 g/mol. The first-order valence-corrected chi connectivity index (χ1v) is 11.2. The molecule has 0 saturated carbocycles. The smallest absolute Gasteiger partial charge is 0.255 e. The first kappa shape index (κ1) is 21.8. The standard InChI is InChI=1S/C22H23FN6O2S/c1-28-14-24-27-22(28)32-13-19(30)25-16-7-4-6-15(12-16)21(31)26-20-17(23)8-5-9-18(20)29-10-2-3-11-29/h4-9,12,14H,2-3,10-11,13H2,1H3,(H,25,30)(H,26,31). The van der Waals surface area contributed by atoms with E-state index in [-0.39, 0.29) is 17.3 Å². The molecule has 4 rings (SSSR count). The van der Waals surface area contributed by atoms with Crippen molar-refractivity contribution in [2.75, 3.05) is 34.4 Å². The van der Waals surface area contributed by atoms with Crippen molar-refractivity contribution in [3.63, 3.8) is 0 Å². The summed E-state index contributed by atoms with van der Waals surface area (Å²) in [5.41, 5.74) is 1.66. The number of aryl methyl sites for hydroxylation is 1. The van der Waals surface area contributed by atoms with Crippen molar-refractivity contribution in [2.45, 2.75) is 18.0 Å². The predicted octanol–water partition coefficient (Wildman–Crippen LogP) is 3.54. The maximum absolute atomic E-state index is 14.5. The minimum atomic E-state index is -0.479. The van der Waals surface area contributed by atoms with Crippen LogP contribution in [0.4, 0.5) is 21.5 Å². The van der Waals surface area contributed by atoms with E-state index in [1.54, 1.807) is 48.3 Å². The summed E-state index contributed by atoms with van der Waals surface area (Å²) in [4.78, 5) is 27.2. The normalized spacial score (nSPS) is 13.2. The number of para-hydroxylation sites is 1. The summed E-state index contributed by atoms with van der Waals surface area (Å²) in [5, 5.41) is 13.8. The molecule has 0 atom stereocenters. The third kappa shape index (κ3) is 5.08. The van der Waals surface area contributed by atoms with Crippen molar-refractivity contribution in [1.82, 2.24) is 14.8 Å². The molecule has 1 saturated heterocycles. The number of amides is 2. The number of thioether (sulfide) groups is 1. The van der Waals surface area contributed by atoms with E-state index in [1.807, 2.05) is 6.07 Å². The Labute approximate surface area is 189 Å². The van der Waals surface area contributed by atoms with Gasteiger partial charge in [0.25, 0.3) is 5.91 Å². The average molecular weight is 455 g/mol. The number of carbonyl (C=O) groups is 2. The number of anilines is 3. The van der Waals surface area contributed by atoms with Gasteiger partial charge in [-0.05, 0) is 43.2 Å². The van der Waals surface area contributed by atoms with Gasteiger partial charge >= 0.3 is 0 Å². The highest BCUT2D eigenvalue weighted by Crippen LogP contribution is 2.31. The van der Waals surface area contributed by atoms with Crippen LogP contribution in [0.3, 0.4) is 0 Å². The fourth-order valence-corrected chi connectivity index (χ4v) is 4.20. The summed E-state index contributed by atoms with van der Waals surface area (Å²) >= 11 is 1.26. The number of hydrogen-bond donors (Lipinski definition) is 2. The van der Waals surface area contributed by atoms with Crippen LogP contribution < -0.4 is 15.5 Å². The molecule has 32 heavy (non-hydrogen) atoms. The highest BCUT2D eigenvalue weighted by Gasteiger charge is 2.20. The molecule has 0 unspecified atom stereocenters. The first-order valence-electron chi connectivity index (χ1n) is 10.2. The highest BCUT2D eigenvalue weighted by molar-refractivity contribution is 7.99. The van der Waals surface area contributed by atoms with Crippen LogP contribution in [0.2, 0.25) is 0 Å². The van der Waals surface area contributed by atoms with E-state index in [4.69, 9.17) is 0 Å². The van der Waals surface area contributed by atoms with Crippen LogP contribution >= 0.6 is 11.8 Å². The Morgan fingerprint density at radius 3 is 2.66 bits per heavy atom. The Morgan fingerprint density at radius 2 is 1.91 bits per heavy atom. The molecule has 0 aliphatic carbocycles. The van der Waals surface area contributed by atoms with Gasteiger partial charge < -0.3 is 20.1 Å². The SMILES string of the molecule is Cn1cnnc1SCC(=O)Nc1cccc(C(=O)Nc2c(F)cccc2N2CCCC2)c1. The Hall–Kier alpha value is -3.40. The molecule has 0 bridgehead atoms. The number of rotatable bonds is 7. The summed E-state index contributed by atoms with van der Waals surface area (Å²) in [6, 6.07) is 11.3. The summed E-state index contributed by atoms with van der Waals surface area (Å²) in [6.45, 7) is 1.67. The number of benzene rings is 2. The zero-order valence-corrected chi connectivity index (χ0v) is 18.4. The molecule has 2 heterocycles. The molecular weight excluding hydrogens is 431 g/mol. The second-order valence-corrected chi connectivity index (χ2v) is 8.37. The van der Waals surface area contributed by atoms with Crippen LogP contribution in [0.1, 0.15) is 23.2 Å². The molecule has 0 spiro atoms. The van der Waals surface area contributed by atoms with Gasteiger partial charge in [0.2, 0.25) is 5.91 Å². The van der Waals surface area contributed by atoms with Crippen LogP contribution in [0.25, 0.3) is 0 Å². The molecule has 2 N–H and O–H groups in total. The van der Waals surface area contributed by atoms with Crippen LogP contribution in [-0.2, 0) is 11.8 Å². The molecule has 1 fully saturated rings.